The quantitative estimate of drug-likeness (QED) is 0.343. The van der Waals surface area contributed by atoms with Gasteiger partial charge in [0.15, 0.2) is 11.6 Å². The van der Waals surface area contributed by atoms with Crippen LogP contribution in [0, 0.1) is 25.5 Å². The summed E-state index contributed by atoms with van der Waals surface area (Å²) >= 11 is 0. The van der Waals surface area contributed by atoms with Gasteiger partial charge < -0.3 is 4.42 Å². The average molecular weight is 386 g/mol. The molecule has 0 bridgehead atoms. The number of rotatable bonds is 2. The summed E-state index contributed by atoms with van der Waals surface area (Å²) in [6.45, 7) is 3.88. The molecular weight excluding hydrogens is 370 g/mol. The van der Waals surface area contributed by atoms with Gasteiger partial charge in [-0.1, -0.05) is 24.3 Å². The Labute approximate surface area is 165 Å². The number of aryl methyl sites for hydroxylation is 2. The topological polar surface area (TPSA) is 38.9 Å². The van der Waals surface area contributed by atoms with Crippen LogP contribution in [0.4, 0.5) is 8.78 Å². The average Bonchev–Trinajstić information content (AvgIpc) is 3.07. The van der Waals surface area contributed by atoms with Crippen LogP contribution < -0.4 is 0 Å². The van der Waals surface area contributed by atoms with Gasteiger partial charge in [0.25, 0.3) is 0 Å². The first-order valence-electron chi connectivity index (χ1n) is 9.23. The summed E-state index contributed by atoms with van der Waals surface area (Å²) < 4.78 is 34.1. The van der Waals surface area contributed by atoms with Crippen molar-refractivity contribution in [1.29, 1.82) is 0 Å². The summed E-state index contributed by atoms with van der Waals surface area (Å²) in [6, 6.07) is 15.5. The van der Waals surface area contributed by atoms with Crippen molar-refractivity contribution < 1.29 is 13.2 Å². The highest BCUT2D eigenvalue weighted by Crippen LogP contribution is 2.38. The van der Waals surface area contributed by atoms with E-state index in [0.29, 0.717) is 22.6 Å². The van der Waals surface area contributed by atoms with Crippen LogP contribution in [0.2, 0.25) is 0 Å². The van der Waals surface area contributed by atoms with Crippen LogP contribution in [0.1, 0.15) is 11.3 Å². The van der Waals surface area contributed by atoms with E-state index >= 15 is 0 Å². The van der Waals surface area contributed by atoms with Crippen molar-refractivity contribution in [2.75, 3.05) is 0 Å². The second-order valence-electron chi connectivity index (χ2n) is 7.07. The molecule has 0 atom stereocenters. The highest BCUT2D eigenvalue weighted by Gasteiger charge is 2.17. The van der Waals surface area contributed by atoms with E-state index in [2.05, 4.69) is 9.97 Å². The van der Waals surface area contributed by atoms with Crippen molar-refractivity contribution in [3.05, 3.63) is 83.7 Å². The number of furan rings is 1. The van der Waals surface area contributed by atoms with Crippen molar-refractivity contribution in [3.8, 4) is 22.4 Å². The Morgan fingerprint density at radius 2 is 1.72 bits per heavy atom. The predicted molar refractivity (Wildman–Crippen MR) is 110 cm³/mol. The molecule has 3 aromatic heterocycles. The van der Waals surface area contributed by atoms with Crippen molar-refractivity contribution in [1.82, 2.24) is 9.97 Å². The zero-order chi connectivity index (χ0) is 20.1. The first-order valence-corrected chi connectivity index (χ1v) is 9.23. The summed E-state index contributed by atoms with van der Waals surface area (Å²) in [6.07, 6.45) is 1.60. The van der Waals surface area contributed by atoms with E-state index in [0.717, 1.165) is 33.7 Å². The highest BCUT2D eigenvalue weighted by atomic mass is 19.2. The first-order chi connectivity index (χ1) is 14.0. The minimum absolute atomic E-state index is 0.195. The summed E-state index contributed by atoms with van der Waals surface area (Å²) in [4.78, 5) is 8.97. The second kappa shape index (κ2) is 6.48. The van der Waals surface area contributed by atoms with Crippen LogP contribution in [-0.4, -0.2) is 9.97 Å². The molecule has 2 aromatic carbocycles. The molecule has 0 aliphatic rings. The molecule has 3 nitrogen and oxygen atoms in total. The third kappa shape index (κ3) is 2.78. The molecule has 0 saturated heterocycles. The lowest BCUT2D eigenvalue weighted by Gasteiger charge is -2.09. The monoisotopic (exact) mass is 386 g/mol. The molecule has 0 aliphatic carbocycles. The fourth-order valence-electron chi connectivity index (χ4n) is 3.69. The number of hydrogen-bond acceptors (Lipinski definition) is 3. The number of halogens is 2. The first kappa shape index (κ1) is 17.5. The third-order valence-corrected chi connectivity index (χ3v) is 5.13. The Morgan fingerprint density at radius 1 is 0.897 bits per heavy atom. The molecule has 0 aliphatic heterocycles. The molecule has 5 rings (SSSR count). The smallest absolute Gasteiger partial charge is 0.227 e. The molecule has 0 amide bonds. The van der Waals surface area contributed by atoms with Crippen LogP contribution in [0.5, 0.6) is 0 Å². The predicted octanol–water partition coefficient (Wildman–Crippen LogP) is 6.61. The lowest BCUT2D eigenvalue weighted by atomic mass is 9.98. The number of nitrogens with zero attached hydrogens (tertiary/aromatic N) is 2. The highest BCUT2D eigenvalue weighted by molar-refractivity contribution is 6.09. The maximum absolute atomic E-state index is 14.3. The Bertz CT molecular complexity index is 1410. The van der Waals surface area contributed by atoms with Gasteiger partial charge in [-0.3, -0.25) is 4.98 Å². The van der Waals surface area contributed by atoms with Gasteiger partial charge in [0.05, 0.1) is 5.69 Å². The van der Waals surface area contributed by atoms with E-state index in [1.54, 1.807) is 24.4 Å². The fraction of sp³-hybridized carbons (Fsp3) is 0.0833. The summed E-state index contributed by atoms with van der Waals surface area (Å²) in [5.74, 6) is -1.75. The number of aromatic nitrogens is 2. The maximum Gasteiger partial charge on any atom is 0.227 e. The fourth-order valence-corrected chi connectivity index (χ4v) is 3.69. The van der Waals surface area contributed by atoms with Gasteiger partial charge in [-0.05, 0) is 55.3 Å². The summed E-state index contributed by atoms with van der Waals surface area (Å²) in [5.41, 5.74) is 5.28. The number of fused-ring (bicyclic) bond motifs is 3. The van der Waals surface area contributed by atoms with Crippen molar-refractivity contribution in [3.63, 3.8) is 0 Å². The standard InChI is InChI=1S/C24H16F2N2O/c1-13-6-8-17-18-9-7-14(2)28-24(18)29-23(17)21(13)20-12-15(10-11-27-20)16-4-3-5-19(25)22(16)26/h3-12H,1-2H3. The van der Waals surface area contributed by atoms with E-state index in [4.69, 9.17) is 4.42 Å². The van der Waals surface area contributed by atoms with Gasteiger partial charge in [-0.25, -0.2) is 13.8 Å². The molecule has 142 valence electrons. The second-order valence-corrected chi connectivity index (χ2v) is 7.07. The van der Waals surface area contributed by atoms with E-state index < -0.39 is 11.6 Å². The van der Waals surface area contributed by atoms with Crippen molar-refractivity contribution in [2.45, 2.75) is 13.8 Å². The minimum Gasteiger partial charge on any atom is -0.437 e. The summed E-state index contributed by atoms with van der Waals surface area (Å²) in [5, 5.41) is 1.87. The van der Waals surface area contributed by atoms with Crippen LogP contribution in [-0.2, 0) is 0 Å². The zero-order valence-electron chi connectivity index (χ0n) is 15.8. The molecule has 0 spiro atoms. The molecule has 0 radical (unpaired) electrons. The lowest BCUT2D eigenvalue weighted by molar-refractivity contribution is 0.511. The van der Waals surface area contributed by atoms with Gasteiger partial charge in [0.1, 0.15) is 5.58 Å². The van der Waals surface area contributed by atoms with Crippen LogP contribution >= 0.6 is 0 Å². The van der Waals surface area contributed by atoms with E-state index in [1.165, 1.54) is 6.07 Å². The lowest BCUT2D eigenvalue weighted by Crippen LogP contribution is -1.92. The molecule has 0 fully saturated rings. The molecule has 5 heteroatoms. The van der Waals surface area contributed by atoms with Gasteiger partial charge >= 0.3 is 0 Å². The maximum atomic E-state index is 14.3. The summed E-state index contributed by atoms with van der Waals surface area (Å²) in [7, 11) is 0. The largest absolute Gasteiger partial charge is 0.437 e. The third-order valence-electron chi connectivity index (χ3n) is 5.13. The molecule has 0 saturated carbocycles. The SMILES string of the molecule is Cc1ccc2c(n1)oc1c(-c3cc(-c4cccc(F)c4F)ccn3)c(C)ccc12. The Hall–Kier alpha value is -3.60. The Morgan fingerprint density at radius 3 is 2.59 bits per heavy atom. The number of benzene rings is 2. The molecule has 29 heavy (non-hydrogen) atoms. The Balaban J connectivity index is 1.77. The van der Waals surface area contributed by atoms with Gasteiger partial charge in [-0.15, -0.1) is 0 Å². The van der Waals surface area contributed by atoms with Gasteiger partial charge in [-0.2, -0.15) is 0 Å². The molecule has 3 heterocycles. The van der Waals surface area contributed by atoms with Gasteiger partial charge in [0.2, 0.25) is 5.71 Å². The molecule has 0 unspecified atom stereocenters. The van der Waals surface area contributed by atoms with E-state index in [-0.39, 0.29) is 5.56 Å². The van der Waals surface area contributed by atoms with Crippen LogP contribution in [0.15, 0.2) is 65.2 Å². The molecule has 0 N–H and O–H groups in total. The van der Waals surface area contributed by atoms with E-state index in [1.807, 2.05) is 38.1 Å². The van der Waals surface area contributed by atoms with E-state index in [9.17, 15) is 8.78 Å². The minimum atomic E-state index is -0.877. The van der Waals surface area contributed by atoms with Gasteiger partial charge in [0, 0.05) is 33.8 Å². The zero-order valence-corrected chi connectivity index (χ0v) is 15.8. The number of hydrogen-bond donors (Lipinski definition) is 0. The number of pyridine rings is 2. The molecular formula is C24H16F2N2O. The normalized spacial score (nSPS) is 11.4. The van der Waals surface area contributed by atoms with Crippen LogP contribution in [0.25, 0.3) is 44.5 Å². The Kier molecular flexibility index (Phi) is 3.91. The van der Waals surface area contributed by atoms with Crippen LogP contribution in [0.3, 0.4) is 0 Å². The van der Waals surface area contributed by atoms with Crippen molar-refractivity contribution >= 4 is 22.1 Å². The van der Waals surface area contributed by atoms with Crippen molar-refractivity contribution in [2.24, 2.45) is 0 Å². The molecule has 5 aromatic rings.